The molecule has 0 aliphatic carbocycles. The van der Waals surface area contributed by atoms with E-state index in [0.29, 0.717) is 18.9 Å². The van der Waals surface area contributed by atoms with Gasteiger partial charge in [0.15, 0.2) is 0 Å². The average molecular weight is 365 g/mol. The van der Waals surface area contributed by atoms with E-state index in [1.165, 1.54) is 10.8 Å². The fourth-order valence-electron chi connectivity index (χ4n) is 2.73. The van der Waals surface area contributed by atoms with Gasteiger partial charge in [-0.3, -0.25) is 4.79 Å². The molecule has 0 radical (unpaired) electrons. The van der Waals surface area contributed by atoms with Gasteiger partial charge in [-0.05, 0) is 47.5 Å². The topological polar surface area (TPSA) is 29.5 Å². The number of nitrogens with zero attached hydrogens (tertiary/aromatic N) is 1. The monoisotopic (exact) mass is 365 g/mol. The third kappa shape index (κ3) is 4.79. The molecule has 0 heterocycles. The van der Waals surface area contributed by atoms with E-state index in [1.54, 1.807) is 16.7 Å². The molecule has 3 nitrogen and oxygen atoms in total. The Labute approximate surface area is 159 Å². The highest BCUT2D eigenvalue weighted by Crippen LogP contribution is 2.24. The molecule has 0 aromatic heterocycles. The molecule has 0 saturated heterocycles. The van der Waals surface area contributed by atoms with Crippen molar-refractivity contribution in [3.63, 3.8) is 0 Å². The Morgan fingerprint density at radius 3 is 2.46 bits per heavy atom. The Morgan fingerprint density at radius 1 is 1.00 bits per heavy atom. The van der Waals surface area contributed by atoms with E-state index in [-0.39, 0.29) is 5.91 Å². The smallest absolute Gasteiger partial charge is 0.232 e. The maximum absolute atomic E-state index is 12.4. The Balaban J connectivity index is 1.54. The van der Waals surface area contributed by atoms with Crippen molar-refractivity contribution in [2.75, 3.05) is 19.4 Å². The van der Waals surface area contributed by atoms with Gasteiger partial charge in [-0.15, -0.1) is 11.8 Å². The Morgan fingerprint density at radius 2 is 1.73 bits per heavy atom. The molecule has 0 aliphatic heterocycles. The standard InChI is InChI=1S/C22H23NO2S/c1-3-25-20-11-8-17(9-12-20)15-23(2)22(24)16-26-21-13-10-18-6-4-5-7-19(18)14-21/h4-14H,3,15-16H2,1-2H3. The predicted molar refractivity (Wildman–Crippen MR) is 109 cm³/mol. The van der Waals surface area contributed by atoms with E-state index >= 15 is 0 Å². The lowest BCUT2D eigenvalue weighted by Gasteiger charge is -2.17. The summed E-state index contributed by atoms with van der Waals surface area (Å²) >= 11 is 1.58. The van der Waals surface area contributed by atoms with Gasteiger partial charge < -0.3 is 9.64 Å². The molecular weight excluding hydrogens is 342 g/mol. The molecule has 0 N–H and O–H groups in total. The molecule has 0 saturated carbocycles. The van der Waals surface area contributed by atoms with Gasteiger partial charge in [-0.1, -0.05) is 42.5 Å². The van der Waals surface area contributed by atoms with E-state index in [0.717, 1.165) is 16.2 Å². The van der Waals surface area contributed by atoms with Gasteiger partial charge in [0.25, 0.3) is 0 Å². The van der Waals surface area contributed by atoms with Gasteiger partial charge >= 0.3 is 0 Å². The first kappa shape index (κ1) is 18.3. The molecule has 3 rings (SSSR count). The minimum atomic E-state index is 0.122. The number of amides is 1. The number of carbonyl (C=O) groups is 1. The summed E-state index contributed by atoms with van der Waals surface area (Å²) in [5.74, 6) is 1.42. The lowest BCUT2D eigenvalue weighted by molar-refractivity contribution is -0.127. The van der Waals surface area contributed by atoms with Gasteiger partial charge in [-0.2, -0.15) is 0 Å². The highest BCUT2D eigenvalue weighted by molar-refractivity contribution is 8.00. The van der Waals surface area contributed by atoms with Crippen LogP contribution in [0.1, 0.15) is 12.5 Å². The molecule has 1 amide bonds. The zero-order valence-corrected chi connectivity index (χ0v) is 16.0. The van der Waals surface area contributed by atoms with Crippen LogP contribution in [0.4, 0.5) is 0 Å². The van der Waals surface area contributed by atoms with Crippen LogP contribution in [-0.4, -0.2) is 30.2 Å². The lowest BCUT2D eigenvalue weighted by atomic mass is 10.1. The Bertz CT molecular complexity index is 877. The fraction of sp³-hybridized carbons (Fsp3) is 0.227. The summed E-state index contributed by atoms with van der Waals surface area (Å²) in [5, 5.41) is 2.42. The van der Waals surface area contributed by atoms with Crippen molar-refractivity contribution in [3.05, 3.63) is 72.3 Å². The van der Waals surface area contributed by atoms with Crippen molar-refractivity contribution in [2.24, 2.45) is 0 Å². The van der Waals surface area contributed by atoms with Crippen LogP contribution in [-0.2, 0) is 11.3 Å². The Hall–Kier alpha value is -2.46. The van der Waals surface area contributed by atoms with Crippen LogP contribution in [0.15, 0.2) is 71.6 Å². The molecule has 4 heteroatoms. The molecule has 0 bridgehead atoms. The van der Waals surface area contributed by atoms with Gasteiger partial charge in [-0.25, -0.2) is 0 Å². The molecule has 0 fully saturated rings. The number of thioether (sulfide) groups is 1. The summed E-state index contributed by atoms with van der Waals surface area (Å²) in [6.07, 6.45) is 0. The number of carbonyl (C=O) groups excluding carboxylic acids is 1. The fourth-order valence-corrected chi connectivity index (χ4v) is 3.62. The molecular formula is C22H23NO2S. The van der Waals surface area contributed by atoms with Crippen molar-refractivity contribution in [3.8, 4) is 5.75 Å². The third-order valence-corrected chi connectivity index (χ3v) is 5.14. The van der Waals surface area contributed by atoms with Crippen LogP contribution in [0.2, 0.25) is 0 Å². The first-order chi connectivity index (χ1) is 12.7. The van der Waals surface area contributed by atoms with Crippen molar-refractivity contribution in [1.82, 2.24) is 4.90 Å². The average Bonchev–Trinajstić information content (AvgIpc) is 2.67. The van der Waals surface area contributed by atoms with Crippen molar-refractivity contribution in [1.29, 1.82) is 0 Å². The van der Waals surface area contributed by atoms with Gasteiger partial charge in [0.2, 0.25) is 5.91 Å². The van der Waals surface area contributed by atoms with Gasteiger partial charge in [0, 0.05) is 18.5 Å². The number of benzene rings is 3. The van der Waals surface area contributed by atoms with Crippen LogP contribution in [0.5, 0.6) is 5.75 Å². The van der Waals surface area contributed by atoms with Crippen LogP contribution in [0, 0.1) is 0 Å². The molecule has 0 unspecified atom stereocenters. The molecule has 0 aliphatic rings. The predicted octanol–water partition coefficient (Wildman–Crippen LogP) is 4.99. The number of ether oxygens (including phenoxy) is 1. The first-order valence-corrected chi connectivity index (χ1v) is 9.71. The minimum Gasteiger partial charge on any atom is -0.494 e. The second kappa shape index (κ2) is 8.77. The summed E-state index contributed by atoms with van der Waals surface area (Å²) in [6.45, 7) is 3.22. The van der Waals surface area contributed by atoms with E-state index in [4.69, 9.17) is 4.74 Å². The number of hydrogen-bond acceptors (Lipinski definition) is 3. The quantitative estimate of drug-likeness (QED) is 0.553. The summed E-state index contributed by atoms with van der Waals surface area (Å²) in [5.41, 5.74) is 1.10. The highest BCUT2D eigenvalue weighted by atomic mass is 32.2. The first-order valence-electron chi connectivity index (χ1n) is 8.73. The lowest BCUT2D eigenvalue weighted by Crippen LogP contribution is -2.27. The van der Waals surface area contributed by atoms with Crippen LogP contribution < -0.4 is 4.74 Å². The van der Waals surface area contributed by atoms with Crippen LogP contribution >= 0.6 is 11.8 Å². The molecule has 3 aromatic carbocycles. The van der Waals surface area contributed by atoms with E-state index in [1.807, 2.05) is 50.4 Å². The van der Waals surface area contributed by atoms with Gasteiger partial charge in [0.05, 0.1) is 12.4 Å². The second-order valence-electron chi connectivity index (χ2n) is 6.12. The molecule has 134 valence electrons. The SMILES string of the molecule is CCOc1ccc(CN(C)C(=O)CSc2ccc3ccccc3c2)cc1. The maximum Gasteiger partial charge on any atom is 0.232 e. The van der Waals surface area contributed by atoms with Crippen LogP contribution in [0.3, 0.4) is 0 Å². The molecule has 26 heavy (non-hydrogen) atoms. The van der Waals surface area contributed by atoms with E-state index in [9.17, 15) is 4.79 Å². The van der Waals surface area contributed by atoms with Crippen molar-refractivity contribution in [2.45, 2.75) is 18.4 Å². The summed E-state index contributed by atoms with van der Waals surface area (Å²) in [7, 11) is 1.85. The van der Waals surface area contributed by atoms with Crippen molar-refractivity contribution < 1.29 is 9.53 Å². The molecule has 0 atom stereocenters. The zero-order chi connectivity index (χ0) is 18.4. The summed E-state index contributed by atoms with van der Waals surface area (Å²) < 4.78 is 5.45. The summed E-state index contributed by atoms with van der Waals surface area (Å²) in [6, 6.07) is 22.5. The van der Waals surface area contributed by atoms with E-state index in [2.05, 4.69) is 30.3 Å². The normalized spacial score (nSPS) is 10.7. The summed E-state index contributed by atoms with van der Waals surface area (Å²) in [4.78, 5) is 15.3. The minimum absolute atomic E-state index is 0.122. The highest BCUT2D eigenvalue weighted by Gasteiger charge is 2.10. The Kier molecular flexibility index (Phi) is 6.18. The molecule has 3 aromatic rings. The second-order valence-corrected chi connectivity index (χ2v) is 7.17. The van der Waals surface area contributed by atoms with Gasteiger partial charge in [0.1, 0.15) is 5.75 Å². The largest absolute Gasteiger partial charge is 0.494 e. The van der Waals surface area contributed by atoms with E-state index < -0.39 is 0 Å². The third-order valence-electron chi connectivity index (χ3n) is 4.16. The maximum atomic E-state index is 12.4. The number of rotatable bonds is 7. The number of hydrogen-bond donors (Lipinski definition) is 0. The molecule has 0 spiro atoms. The van der Waals surface area contributed by atoms with Crippen LogP contribution in [0.25, 0.3) is 10.8 Å². The number of fused-ring (bicyclic) bond motifs is 1. The zero-order valence-electron chi connectivity index (χ0n) is 15.1. The van der Waals surface area contributed by atoms with Crippen molar-refractivity contribution >= 4 is 28.4 Å².